The van der Waals surface area contributed by atoms with Gasteiger partial charge >= 0.3 is 0 Å². The maximum absolute atomic E-state index is 11.7. The fourth-order valence-corrected chi connectivity index (χ4v) is 1.60. The number of primary amides is 1. The summed E-state index contributed by atoms with van der Waals surface area (Å²) in [6.45, 7) is -0.147. The lowest BCUT2D eigenvalue weighted by molar-refractivity contribution is -0.117. The third-order valence-corrected chi connectivity index (χ3v) is 2.43. The molecule has 2 rings (SSSR count). The first-order valence-corrected chi connectivity index (χ1v) is 5.22. The van der Waals surface area contributed by atoms with Crippen molar-refractivity contribution >= 4 is 22.6 Å². The standard InChI is InChI=1S/C13H12N2O2/c14-12(16)8-15-13(17)11-6-5-9-3-1-2-4-10(9)7-11/h1-7H,8H2,(H2,14,16)(H,15,17). The topological polar surface area (TPSA) is 72.2 Å². The number of nitrogens with two attached hydrogens (primary N) is 1. The molecule has 4 nitrogen and oxygen atoms in total. The van der Waals surface area contributed by atoms with Gasteiger partial charge in [0.25, 0.3) is 5.91 Å². The Morgan fingerprint density at radius 2 is 1.76 bits per heavy atom. The number of carbonyl (C=O) groups is 2. The fourth-order valence-electron chi connectivity index (χ4n) is 1.60. The van der Waals surface area contributed by atoms with E-state index in [0.717, 1.165) is 10.8 Å². The van der Waals surface area contributed by atoms with Crippen LogP contribution >= 0.6 is 0 Å². The number of amides is 2. The maximum atomic E-state index is 11.7. The highest BCUT2D eigenvalue weighted by Crippen LogP contribution is 2.15. The van der Waals surface area contributed by atoms with Gasteiger partial charge in [-0.25, -0.2) is 0 Å². The molecule has 0 radical (unpaired) electrons. The second kappa shape index (κ2) is 4.65. The van der Waals surface area contributed by atoms with Gasteiger partial charge in [0, 0.05) is 5.56 Å². The zero-order valence-electron chi connectivity index (χ0n) is 9.14. The summed E-state index contributed by atoms with van der Waals surface area (Å²) in [6, 6.07) is 13.1. The third-order valence-electron chi connectivity index (χ3n) is 2.43. The Kier molecular flexibility index (Phi) is 3.05. The number of hydrogen-bond donors (Lipinski definition) is 2. The molecule has 0 saturated heterocycles. The average Bonchev–Trinajstić information content (AvgIpc) is 2.35. The molecule has 0 bridgehead atoms. The first-order chi connectivity index (χ1) is 8.16. The van der Waals surface area contributed by atoms with Gasteiger partial charge in [-0.15, -0.1) is 0 Å². The quantitative estimate of drug-likeness (QED) is 0.824. The Labute approximate surface area is 98.4 Å². The van der Waals surface area contributed by atoms with Crippen molar-refractivity contribution in [1.82, 2.24) is 5.32 Å². The van der Waals surface area contributed by atoms with Crippen LogP contribution in [0.4, 0.5) is 0 Å². The summed E-state index contributed by atoms with van der Waals surface area (Å²) in [7, 11) is 0. The van der Waals surface area contributed by atoms with E-state index in [0.29, 0.717) is 5.56 Å². The Balaban J connectivity index is 2.24. The van der Waals surface area contributed by atoms with Crippen molar-refractivity contribution < 1.29 is 9.59 Å². The lowest BCUT2D eigenvalue weighted by Gasteiger charge is -2.04. The molecule has 0 fully saturated rings. The van der Waals surface area contributed by atoms with Crippen molar-refractivity contribution in [1.29, 1.82) is 0 Å². The van der Waals surface area contributed by atoms with Crippen LogP contribution in [0, 0.1) is 0 Å². The van der Waals surface area contributed by atoms with E-state index in [-0.39, 0.29) is 12.5 Å². The van der Waals surface area contributed by atoms with Gasteiger partial charge in [0.05, 0.1) is 6.54 Å². The zero-order valence-corrected chi connectivity index (χ0v) is 9.14. The highest BCUT2D eigenvalue weighted by Gasteiger charge is 2.06. The molecule has 0 atom stereocenters. The largest absolute Gasteiger partial charge is 0.368 e. The van der Waals surface area contributed by atoms with Gasteiger partial charge in [-0.05, 0) is 22.9 Å². The van der Waals surface area contributed by atoms with E-state index in [2.05, 4.69) is 5.32 Å². The first kappa shape index (κ1) is 11.1. The van der Waals surface area contributed by atoms with Gasteiger partial charge in [0.2, 0.25) is 5.91 Å². The first-order valence-electron chi connectivity index (χ1n) is 5.22. The number of carbonyl (C=O) groups excluding carboxylic acids is 2. The van der Waals surface area contributed by atoms with Crippen LogP contribution in [-0.2, 0) is 4.79 Å². The molecule has 2 aromatic carbocycles. The maximum Gasteiger partial charge on any atom is 0.251 e. The Morgan fingerprint density at radius 1 is 1.06 bits per heavy atom. The molecule has 0 unspecified atom stereocenters. The molecule has 17 heavy (non-hydrogen) atoms. The van der Waals surface area contributed by atoms with Gasteiger partial charge in [-0.2, -0.15) is 0 Å². The monoisotopic (exact) mass is 228 g/mol. The van der Waals surface area contributed by atoms with E-state index in [9.17, 15) is 9.59 Å². The number of hydrogen-bond acceptors (Lipinski definition) is 2. The molecule has 2 aromatic rings. The number of nitrogens with one attached hydrogen (secondary N) is 1. The summed E-state index contributed by atoms with van der Waals surface area (Å²) in [4.78, 5) is 22.2. The fraction of sp³-hybridized carbons (Fsp3) is 0.0769. The minimum Gasteiger partial charge on any atom is -0.368 e. The minimum absolute atomic E-state index is 0.147. The number of benzene rings is 2. The van der Waals surface area contributed by atoms with E-state index in [1.807, 2.05) is 30.3 Å². The van der Waals surface area contributed by atoms with Crippen molar-refractivity contribution in [3.8, 4) is 0 Å². The molecule has 86 valence electrons. The van der Waals surface area contributed by atoms with Crippen molar-refractivity contribution in [3.63, 3.8) is 0 Å². The van der Waals surface area contributed by atoms with Crippen LogP contribution in [0.1, 0.15) is 10.4 Å². The molecule has 0 heterocycles. The van der Waals surface area contributed by atoms with Crippen LogP contribution in [-0.4, -0.2) is 18.4 Å². The minimum atomic E-state index is -0.556. The molecule has 0 aliphatic carbocycles. The van der Waals surface area contributed by atoms with E-state index in [4.69, 9.17) is 5.73 Å². The molecule has 3 N–H and O–H groups in total. The molecule has 4 heteroatoms. The van der Waals surface area contributed by atoms with Gasteiger partial charge < -0.3 is 11.1 Å². The highest BCUT2D eigenvalue weighted by atomic mass is 16.2. The second-order valence-electron chi connectivity index (χ2n) is 3.71. The molecule has 2 amide bonds. The molecular formula is C13H12N2O2. The highest BCUT2D eigenvalue weighted by molar-refractivity contribution is 5.99. The average molecular weight is 228 g/mol. The molecular weight excluding hydrogens is 216 g/mol. The second-order valence-corrected chi connectivity index (χ2v) is 3.71. The predicted molar refractivity (Wildman–Crippen MR) is 65.5 cm³/mol. The van der Waals surface area contributed by atoms with Crippen molar-refractivity contribution in [2.75, 3.05) is 6.54 Å². The van der Waals surface area contributed by atoms with Gasteiger partial charge in [0.15, 0.2) is 0 Å². The smallest absolute Gasteiger partial charge is 0.251 e. The predicted octanol–water partition coefficient (Wildman–Crippen LogP) is 1.05. The summed E-state index contributed by atoms with van der Waals surface area (Å²) in [6.07, 6.45) is 0. The number of fused-ring (bicyclic) bond motifs is 1. The Morgan fingerprint density at radius 3 is 2.47 bits per heavy atom. The van der Waals surface area contributed by atoms with Crippen molar-refractivity contribution in [2.24, 2.45) is 5.73 Å². The molecule has 0 spiro atoms. The lowest BCUT2D eigenvalue weighted by Crippen LogP contribution is -2.33. The molecule has 0 aliphatic rings. The van der Waals surface area contributed by atoms with E-state index < -0.39 is 5.91 Å². The molecule has 0 aliphatic heterocycles. The van der Waals surface area contributed by atoms with Crippen LogP contribution in [0.3, 0.4) is 0 Å². The van der Waals surface area contributed by atoms with Crippen molar-refractivity contribution in [2.45, 2.75) is 0 Å². The van der Waals surface area contributed by atoms with Crippen molar-refractivity contribution in [3.05, 3.63) is 48.0 Å². The normalized spacial score (nSPS) is 10.1. The summed E-state index contributed by atoms with van der Waals surface area (Å²) in [5.41, 5.74) is 5.47. The SMILES string of the molecule is NC(=O)CNC(=O)c1ccc2ccccc2c1. The van der Waals surface area contributed by atoms with Gasteiger partial charge in [-0.3, -0.25) is 9.59 Å². The Hall–Kier alpha value is -2.36. The van der Waals surface area contributed by atoms with Crippen LogP contribution in [0.2, 0.25) is 0 Å². The summed E-state index contributed by atoms with van der Waals surface area (Å²) < 4.78 is 0. The number of rotatable bonds is 3. The van der Waals surface area contributed by atoms with Gasteiger partial charge in [0.1, 0.15) is 0 Å². The summed E-state index contributed by atoms with van der Waals surface area (Å²) in [5, 5.41) is 4.50. The van der Waals surface area contributed by atoms with Crippen LogP contribution in [0.15, 0.2) is 42.5 Å². The van der Waals surface area contributed by atoms with Crippen LogP contribution < -0.4 is 11.1 Å². The van der Waals surface area contributed by atoms with E-state index in [1.165, 1.54) is 0 Å². The van der Waals surface area contributed by atoms with Gasteiger partial charge in [-0.1, -0.05) is 30.3 Å². The van der Waals surface area contributed by atoms with E-state index in [1.54, 1.807) is 12.1 Å². The summed E-state index contributed by atoms with van der Waals surface area (Å²) in [5.74, 6) is -0.853. The van der Waals surface area contributed by atoms with E-state index >= 15 is 0 Å². The lowest BCUT2D eigenvalue weighted by atomic mass is 10.1. The Bertz CT molecular complexity index is 578. The third kappa shape index (κ3) is 2.60. The zero-order chi connectivity index (χ0) is 12.3. The molecule has 0 aromatic heterocycles. The van der Waals surface area contributed by atoms with Crippen LogP contribution in [0.25, 0.3) is 10.8 Å². The summed E-state index contributed by atoms with van der Waals surface area (Å²) >= 11 is 0. The molecule has 0 saturated carbocycles. The van der Waals surface area contributed by atoms with Crippen LogP contribution in [0.5, 0.6) is 0 Å².